The monoisotopic (exact) mass is 462 g/mol. The zero-order chi connectivity index (χ0) is 20.0. The molecule has 0 aliphatic carbocycles. The maximum absolute atomic E-state index is 12.6. The Bertz CT molecular complexity index is 1040. The van der Waals surface area contributed by atoms with E-state index in [4.69, 9.17) is 0 Å². The summed E-state index contributed by atoms with van der Waals surface area (Å²) in [5.41, 5.74) is 0.503. The number of benzene rings is 2. The van der Waals surface area contributed by atoms with Gasteiger partial charge in [0.25, 0.3) is 15.9 Å². The van der Waals surface area contributed by atoms with E-state index in [1.54, 1.807) is 48.9 Å². The fraction of sp³-hybridized carbons (Fsp3) is 0.158. The Balaban J connectivity index is 1.66. The molecule has 0 saturated carbocycles. The van der Waals surface area contributed by atoms with Crippen LogP contribution in [0.4, 0.5) is 5.69 Å². The third-order valence-electron chi connectivity index (χ3n) is 3.98. The van der Waals surface area contributed by atoms with Crippen LogP contribution in [0.25, 0.3) is 0 Å². The van der Waals surface area contributed by atoms with Crippen molar-refractivity contribution in [2.75, 3.05) is 11.3 Å². The van der Waals surface area contributed by atoms with Crippen molar-refractivity contribution in [3.05, 3.63) is 77.3 Å². The predicted octanol–water partition coefficient (Wildman–Crippen LogP) is 3.27. The van der Waals surface area contributed by atoms with Crippen molar-refractivity contribution in [1.82, 2.24) is 14.9 Å². The van der Waals surface area contributed by atoms with E-state index < -0.39 is 10.0 Å². The number of hydrogen-bond donors (Lipinski definition) is 2. The summed E-state index contributed by atoms with van der Waals surface area (Å²) in [7, 11) is -3.80. The van der Waals surface area contributed by atoms with Gasteiger partial charge in [0.2, 0.25) is 0 Å². The van der Waals surface area contributed by atoms with Crippen LogP contribution in [0, 0.1) is 0 Å². The van der Waals surface area contributed by atoms with Crippen LogP contribution in [0.2, 0.25) is 0 Å². The van der Waals surface area contributed by atoms with E-state index in [-0.39, 0.29) is 22.1 Å². The van der Waals surface area contributed by atoms with Crippen LogP contribution < -0.4 is 10.0 Å². The van der Waals surface area contributed by atoms with Crippen LogP contribution in [-0.2, 0) is 16.6 Å². The first-order valence-electron chi connectivity index (χ1n) is 8.57. The van der Waals surface area contributed by atoms with Crippen LogP contribution in [-0.4, -0.2) is 30.4 Å². The van der Waals surface area contributed by atoms with E-state index in [1.165, 1.54) is 12.1 Å². The number of aromatic nitrogens is 2. The lowest BCUT2D eigenvalue weighted by atomic mass is 10.1. The molecule has 3 aromatic rings. The molecule has 0 radical (unpaired) electrons. The van der Waals surface area contributed by atoms with Gasteiger partial charge in [-0.15, -0.1) is 0 Å². The molecular formula is C19H19BrN4O3S. The van der Waals surface area contributed by atoms with Crippen LogP contribution in [0.1, 0.15) is 16.8 Å². The Labute approximate surface area is 172 Å². The number of para-hydroxylation sites is 1. The number of halogens is 1. The normalized spacial score (nSPS) is 11.2. The number of rotatable bonds is 8. The van der Waals surface area contributed by atoms with E-state index in [0.29, 0.717) is 6.54 Å². The molecule has 2 aromatic carbocycles. The topological polar surface area (TPSA) is 93.1 Å². The quantitative estimate of drug-likeness (QED) is 0.502. The molecule has 0 aliphatic rings. The van der Waals surface area contributed by atoms with Gasteiger partial charge in [-0.3, -0.25) is 9.52 Å². The number of nitrogens with one attached hydrogen (secondary N) is 2. The van der Waals surface area contributed by atoms with Crippen molar-refractivity contribution in [1.29, 1.82) is 0 Å². The average molecular weight is 463 g/mol. The van der Waals surface area contributed by atoms with E-state index >= 15 is 0 Å². The molecule has 3 rings (SSSR count). The predicted molar refractivity (Wildman–Crippen MR) is 111 cm³/mol. The maximum Gasteiger partial charge on any atom is 0.261 e. The van der Waals surface area contributed by atoms with E-state index in [1.807, 2.05) is 10.8 Å². The highest BCUT2D eigenvalue weighted by Gasteiger charge is 2.18. The van der Waals surface area contributed by atoms with Gasteiger partial charge >= 0.3 is 0 Å². The molecule has 2 N–H and O–H groups in total. The van der Waals surface area contributed by atoms with Crippen molar-refractivity contribution in [2.24, 2.45) is 0 Å². The van der Waals surface area contributed by atoms with Gasteiger partial charge in [0.05, 0.1) is 22.5 Å². The van der Waals surface area contributed by atoms with E-state index in [0.717, 1.165) is 17.4 Å². The summed E-state index contributed by atoms with van der Waals surface area (Å²) < 4.78 is 30.4. The lowest BCUT2D eigenvalue weighted by Crippen LogP contribution is -2.26. The molecule has 0 atom stereocenters. The summed E-state index contributed by atoms with van der Waals surface area (Å²) >= 11 is 3.28. The van der Waals surface area contributed by atoms with Crippen LogP contribution in [0.15, 0.2) is 76.6 Å². The summed E-state index contributed by atoms with van der Waals surface area (Å²) in [6, 6.07) is 12.8. The number of sulfonamides is 1. The number of amides is 1. The Kier molecular flexibility index (Phi) is 6.48. The van der Waals surface area contributed by atoms with Gasteiger partial charge in [-0.05, 0) is 42.8 Å². The molecule has 28 heavy (non-hydrogen) atoms. The Morgan fingerprint density at radius 1 is 1.11 bits per heavy atom. The van der Waals surface area contributed by atoms with Crippen LogP contribution in [0.5, 0.6) is 0 Å². The van der Waals surface area contributed by atoms with Crippen molar-refractivity contribution in [2.45, 2.75) is 17.9 Å². The lowest BCUT2D eigenvalue weighted by molar-refractivity contribution is 0.0953. The second-order valence-electron chi connectivity index (χ2n) is 6.01. The second kappa shape index (κ2) is 9.03. The fourth-order valence-electron chi connectivity index (χ4n) is 2.57. The third kappa shape index (κ3) is 5.20. The average Bonchev–Trinajstić information content (AvgIpc) is 3.19. The number of carbonyl (C=O) groups excluding carboxylic acids is 1. The van der Waals surface area contributed by atoms with Crippen molar-refractivity contribution in [3.63, 3.8) is 0 Å². The summed E-state index contributed by atoms with van der Waals surface area (Å²) in [5.74, 6) is -0.334. The highest BCUT2D eigenvalue weighted by atomic mass is 79.9. The molecule has 1 heterocycles. The van der Waals surface area contributed by atoms with Crippen molar-refractivity contribution < 1.29 is 13.2 Å². The molecule has 0 bridgehead atoms. The molecular weight excluding hydrogens is 444 g/mol. The number of hydrogen-bond acceptors (Lipinski definition) is 4. The molecule has 0 unspecified atom stereocenters. The van der Waals surface area contributed by atoms with Gasteiger partial charge < -0.3 is 9.88 Å². The van der Waals surface area contributed by atoms with E-state index in [9.17, 15) is 13.2 Å². The van der Waals surface area contributed by atoms with Gasteiger partial charge in [-0.1, -0.05) is 28.1 Å². The lowest BCUT2D eigenvalue weighted by Gasteiger charge is -2.13. The summed E-state index contributed by atoms with van der Waals surface area (Å²) in [6.45, 7) is 1.20. The van der Waals surface area contributed by atoms with Gasteiger partial charge in [-0.25, -0.2) is 13.4 Å². The van der Waals surface area contributed by atoms with Crippen LogP contribution >= 0.6 is 15.9 Å². The fourth-order valence-corrected chi connectivity index (χ4v) is 3.91. The molecule has 7 nitrogen and oxygen atoms in total. The van der Waals surface area contributed by atoms with Gasteiger partial charge in [-0.2, -0.15) is 0 Å². The molecule has 146 valence electrons. The zero-order valence-electron chi connectivity index (χ0n) is 14.9. The Hall–Kier alpha value is -2.65. The molecule has 9 heteroatoms. The number of anilines is 1. The van der Waals surface area contributed by atoms with Gasteiger partial charge in [0, 0.05) is 30.0 Å². The van der Waals surface area contributed by atoms with Gasteiger partial charge in [0.1, 0.15) is 0 Å². The molecule has 0 aliphatic heterocycles. The number of nitrogens with zero attached hydrogens (tertiary/aromatic N) is 2. The van der Waals surface area contributed by atoms with Crippen molar-refractivity contribution >= 4 is 37.5 Å². The second-order valence-corrected chi connectivity index (χ2v) is 8.61. The minimum absolute atomic E-state index is 0.117. The SMILES string of the molecule is O=C(NCCCn1ccnc1)c1ccccc1NS(=O)(=O)c1ccc(Br)cc1. The molecule has 0 fully saturated rings. The summed E-state index contributed by atoms with van der Waals surface area (Å²) in [6.07, 6.45) is 6.00. The molecule has 0 saturated heterocycles. The highest BCUT2D eigenvalue weighted by Crippen LogP contribution is 2.21. The van der Waals surface area contributed by atoms with Gasteiger partial charge in [0.15, 0.2) is 0 Å². The largest absolute Gasteiger partial charge is 0.352 e. The first kappa shape index (κ1) is 20.1. The Morgan fingerprint density at radius 3 is 2.57 bits per heavy atom. The summed E-state index contributed by atoms with van der Waals surface area (Å²) in [5, 5.41) is 2.82. The molecule has 0 spiro atoms. The molecule has 1 amide bonds. The number of carbonyl (C=O) groups is 1. The van der Waals surface area contributed by atoms with Crippen LogP contribution in [0.3, 0.4) is 0 Å². The number of aryl methyl sites for hydroxylation is 1. The third-order valence-corrected chi connectivity index (χ3v) is 5.89. The highest BCUT2D eigenvalue weighted by molar-refractivity contribution is 9.10. The first-order valence-corrected chi connectivity index (χ1v) is 10.8. The smallest absolute Gasteiger partial charge is 0.261 e. The maximum atomic E-state index is 12.6. The standard InChI is InChI=1S/C19H19BrN4O3S/c20-15-6-8-16(9-7-15)28(26,27)23-18-5-2-1-4-17(18)19(25)22-10-3-12-24-13-11-21-14-24/h1-2,4-9,11,13-14,23H,3,10,12H2,(H,22,25). The minimum atomic E-state index is -3.80. The molecule has 1 aromatic heterocycles. The minimum Gasteiger partial charge on any atom is -0.352 e. The Morgan fingerprint density at radius 2 is 1.86 bits per heavy atom. The zero-order valence-corrected chi connectivity index (χ0v) is 17.3. The number of imidazole rings is 1. The van der Waals surface area contributed by atoms with Crippen molar-refractivity contribution in [3.8, 4) is 0 Å². The first-order chi connectivity index (χ1) is 13.5. The van der Waals surface area contributed by atoms with E-state index in [2.05, 4.69) is 31.0 Å². The summed E-state index contributed by atoms with van der Waals surface area (Å²) in [4.78, 5) is 16.6.